The number of ether oxygens (including phenoxy) is 2. The standard InChI is InChI=1S/C11H12N4O3S/c1-17-6-3-4-8(18-2)7(5-6)13-9(16)10-14-15-11(12)19-10/h3-5H,1-2H3,(H2,12,15)(H,13,16). The molecule has 2 rings (SSSR count). The van der Waals surface area contributed by atoms with Crippen molar-refractivity contribution in [1.82, 2.24) is 10.2 Å². The van der Waals surface area contributed by atoms with Crippen molar-refractivity contribution in [3.8, 4) is 11.5 Å². The van der Waals surface area contributed by atoms with Crippen LogP contribution in [0.15, 0.2) is 18.2 Å². The number of nitrogens with one attached hydrogen (secondary N) is 1. The molecule has 8 heteroatoms. The van der Waals surface area contributed by atoms with Gasteiger partial charge in [0.1, 0.15) is 11.5 Å². The Labute approximate surface area is 113 Å². The number of methoxy groups -OCH3 is 2. The molecule has 0 radical (unpaired) electrons. The molecule has 19 heavy (non-hydrogen) atoms. The topological polar surface area (TPSA) is 99.4 Å². The number of rotatable bonds is 4. The van der Waals surface area contributed by atoms with E-state index >= 15 is 0 Å². The quantitative estimate of drug-likeness (QED) is 0.878. The molecular weight excluding hydrogens is 268 g/mol. The highest BCUT2D eigenvalue weighted by Crippen LogP contribution is 2.29. The monoisotopic (exact) mass is 280 g/mol. The van der Waals surface area contributed by atoms with Gasteiger partial charge in [-0.2, -0.15) is 0 Å². The molecule has 0 aliphatic rings. The maximum absolute atomic E-state index is 11.9. The van der Waals surface area contributed by atoms with Gasteiger partial charge in [-0.3, -0.25) is 4.79 Å². The van der Waals surface area contributed by atoms with Gasteiger partial charge >= 0.3 is 0 Å². The highest BCUT2D eigenvalue weighted by molar-refractivity contribution is 7.16. The minimum Gasteiger partial charge on any atom is -0.497 e. The number of nitrogens with two attached hydrogens (primary N) is 1. The summed E-state index contributed by atoms with van der Waals surface area (Å²) in [6.07, 6.45) is 0. The predicted molar refractivity (Wildman–Crippen MR) is 71.8 cm³/mol. The lowest BCUT2D eigenvalue weighted by atomic mass is 10.2. The number of carbonyl (C=O) groups excluding carboxylic acids is 1. The van der Waals surface area contributed by atoms with Crippen LogP contribution in [0.25, 0.3) is 0 Å². The summed E-state index contributed by atoms with van der Waals surface area (Å²) in [5.41, 5.74) is 5.92. The van der Waals surface area contributed by atoms with Crippen molar-refractivity contribution in [3.63, 3.8) is 0 Å². The molecule has 3 N–H and O–H groups in total. The van der Waals surface area contributed by atoms with Gasteiger partial charge in [0, 0.05) is 6.07 Å². The molecule has 0 aliphatic carbocycles. The first kappa shape index (κ1) is 13.1. The summed E-state index contributed by atoms with van der Waals surface area (Å²) in [6.45, 7) is 0. The van der Waals surface area contributed by atoms with Crippen LogP contribution in [0, 0.1) is 0 Å². The fourth-order valence-corrected chi connectivity index (χ4v) is 1.92. The van der Waals surface area contributed by atoms with E-state index in [1.165, 1.54) is 7.11 Å². The fourth-order valence-electron chi connectivity index (χ4n) is 1.41. The van der Waals surface area contributed by atoms with E-state index in [2.05, 4.69) is 15.5 Å². The third-order valence-electron chi connectivity index (χ3n) is 2.29. The molecule has 1 aromatic heterocycles. The van der Waals surface area contributed by atoms with Crippen molar-refractivity contribution in [1.29, 1.82) is 0 Å². The van der Waals surface area contributed by atoms with Crippen LogP contribution in [0.4, 0.5) is 10.8 Å². The zero-order valence-electron chi connectivity index (χ0n) is 10.3. The molecule has 1 aromatic carbocycles. The van der Waals surface area contributed by atoms with Crippen molar-refractivity contribution < 1.29 is 14.3 Å². The van der Waals surface area contributed by atoms with Gasteiger partial charge in [0.15, 0.2) is 0 Å². The molecule has 0 atom stereocenters. The normalized spacial score (nSPS) is 10.0. The number of nitrogens with zero attached hydrogens (tertiary/aromatic N) is 2. The molecule has 1 heterocycles. The van der Waals surface area contributed by atoms with Crippen LogP contribution in [-0.4, -0.2) is 30.3 Å². The first-order valence-corrected chi connectivity index (χ1v) is 6.08. The zero-order chi connectivity index (χ0) is 13.8. The van der Waals surface area contributed by atoms with Gasteiger partial charge < -0.3 is 20.5 Å². The number of amides is 1. The highest BCUT2D eigenvalue weighted by Gasteiger charge is 2.14. The zero-order valence-corrected chi connectivity index (χ0v) is 11.2. The van der Waals surface area contributed by atoms with E-state index in [9.17, 15) is 4.79 Å². The molecule has 0 spiro atoms. The molecule has 0 saturated heterocycles. The minimum absolute atomic E-state index is 0.183. The van der Waals surface area contributed by atoms with Gasteiger partial charge in [0.25, 0.3) is 5.91 Å². The summed E-state index contributed by atoms with van der Waals surface area (Å²) in [5, 5.41) is 10.4. The Bertz CT molecular complexity index is 599. The van der Waals surface area contributed by atoms with E-state index in [0.717, 1.165) is 11.3 Å². The summed E-state index contributed by atoms with van der Waals surface area (Å²) >= 11 is 1.01. The summed E-state index contributed by atoms with van der Waals surface area (Å²) in [5.74, 6) is 0.722. The van der Waals surface area contributed by atoms with Crippen LogP contribution in [0.3, 0.4) is 0 Å². The molecule has 0 saturated carbocycles. The number of hydrogen-bond donors (Lipinski definition) is 2. The lowest BCUT2D eigenvalue weighted by Gasteiger charge is -2.10. The Kier molecular flexibility index (Phi) is 3.81. The van der Waals surface area contributed by atoms with E-state index in [4.69, 9.17) is 15.2 Å². The molecule has 2 aromatic rings. The smallest absolute Gasteiger partial charge is 0.286 e. The molecule has 0 aliphatic heterocycles. The number of benzene rings is 1. The Morgan fingerprint density at radius 1 is 1.32 bits per heavy atom. The van der Waals surface area contributed by atoms with Crippen LogP contribution >= 0.6 is 11.3 Å². The number of carbonyl (C=O) groups is 1. The van der Waals surface area contributed by atoms with Gasteiger partial charge in [-0.25, -0.2) is 0 Å². The van der Waals surface area contributed by atoms with Crippen LogP contribution in [0.1, 0.15) is 9.80 Å². The van der Waals surface area contributed by atoms with Gasteiger partial charge in [0.05, 0.1) is 19.9 Å². The van der Waals surface area contributed by atoms with Gasteiger partial charge in [-0.15, -0.1) is 10.2 Å². The highest BCUT2D eigenvalue weighted by atomic mass is 32.1. The maximum atomic E-state index is 11.9. The summed E-state index contributed by atoms with van der Waals surface area (Å²) in [6, 6.07) is 5.08. The molecule has 7 nitrogen and oxygen atoms in total. The minimum atomic E-state index is -0.402. The number of nitrogen functional groups attached to an aromatic ring is 1. The molecule has 0 fully saturated rings. The second-order valence-corrected chi connectivity index (χ2v) is 4.47. The van der Waals surface area contributed by atoms with Crippen molar-refractivity contribution in [2.75, 3.05) is 25.3 Å². The average molecular weight is 280 g/mol. The van der Waals surface area contributed by atoms with Crippen LogP contribution in [-0.2, 0) is 0 Å². The van der Waals surface area contributed by atoms with E-state index in [0.29, 0.717) is 17.2 Å². The molecule has 0 bridgehead atoms. The third-order valence-corrected chi connectivity index (χ3v) is 3.04. The van der Waals surface area contributed by atoms with Crippen molar-refractivity contribution in [2.24, 2.45) is 0 Å². The van der Waals surface area contributed by atoms with E-state index < -0.39 is 5.91 Å². The predicted octanol–water partition coefficient (Wildman–Crippen LogP) is 1.39. The second-order valence-electron chi connectivity index (χ2n) is 3.47. The van der Waals surface area contributed by atoms with Gasteiger partial charge in [-0.05, 0) is 12.1 Å². The molecular formula is C11H12N4O3S. The van der Waals surface area contributed by atoms with Crippen molar-refractivity contribution in [2.45, 2.75) is 0 Å². The van der Waals surface area contributed by atoms with Crippen molar-refractivity contribution >= 4 is 28.1 Å². The lowest BCUT2D eigenvalue weighted by molar-refractivity contribution is 0.102. The summed E-state index contributed by atoms with van der Waals surface area (Å²) in [7, 11) is 3.05. The first-order valence-electron chi connectivity index (χ1n) is 5.26. The lowest BCUT2D eigenvalue weighted by Crippen LogP contribution is -2.12. The van der Waals surface area contributed by atoms with E-state index in [-0.39, 0.29) is 10.1 Å². The fraction of sp³-hybridized carbons (Fsp3) is 0.182. The van der Waals surface area contributed by atoms with Crippen LogP contribution < -0.4 is 20.5 Å². The van der Waals surface area contributed by atoms with Gasteiger partial charge in [0.2, 0.25) is 10.1 Å². The van der Waals surface area contributed by atoms with Crippen LogP contribution in [0.2, 0.25) is 0 Å². The van der Waals surface area contributed by atoms with E-state index in [1.807, 2.05) is 0 Å². The molecule has 1 amide bonds. The number of aromatic nitrogens is 2. The second kappa shape index (κ2) is 5.53. The third kappa shape index (κ3) is 2.91. The van der Waals surface area contributed by atoms with Crippen LogP contribution in [0.5, 0.6) is 11.5 Å². The number of hydrogen-bond acceptors (Lipinski definition) is 7. The summed E-state index contributed by atoms with van der Waals surface area (Å²) < 4.78 is 10.3. The Balaban J connectivity index is 2.24. The average Bonchev–Trinajstić information content (AvgIpc) is 2.85. The SMILES string of the molecule is COc1ccc(OC)c(NC(=O)c2nnc(N)s2)c1. The van der Waals surface area contributed by atoms with Gasteiger partial charge in [-0.1, -0.05) is 11.3 Å². The van der Waals surface area contributed by atoms with E-state index in [1.54, 1.807) is 25.3 Å². The Morgan fingerprint density at radius 2 is 2.11 bits per heavy atom. The summed E-state index contributed by atoms with van der Waals surface area (Å²) in [4.78, 5) is 11.9. The Morgan fingerprint density at radius 3 is 2.68 bits per heavy atom. The first-order chi connectivity index (χ1) is 9.13. The molecule has 100 valence electrons. The Hall–Kier alpha value is -2.35. The largest absolute Gasteiger partial charge is 0.497 e. The maximum Gasteiger partial charge on any atom is 0.286 e. The van der Waals surface area contributed by atoms with Crippen molar-refractivity contribution in [3.05, 3.63) is 23.2 Å². The molecule has 0 unspecified atom stereocenters. The number of anilines is 2.